The Hall–Kier alpha value is -1.55. The van der Waals surface area contributed by atoms with Crippen molar-refractivity contribution in [2.75, 3.05) is 6.54 Å². The van der Waals surface area contributed by atoms with E-state index in [4.69, 9.17) is 11.6 Å². The lowest BCUT2D eigenvalue weighted by Crippen LogP contribution is -2.45. The summed E-state index contributed by atoms with van der Waals surface area (Å²) in [4.78, 5) is 23.0. The molecular formula is C12H13ClN2O2. The van der Waals surface area contributed by atoms with E-state index in [0.29, 0.717) is 23.6 Å². The standard InChI is InChI=1S/C12H13ClN2O2/c13-9-3-1-2-8(6-9)12(17)15-10-4-5-14-11(16)7-10/h1-3,6,10H,4-5,7H2,(H,14,16)(H,15,17). The van der Waals surface area contributed by atoms with Gasteiger partial charge in [0.15, 0.2) is 0 Å². The number of piperidine rings is 1. The molecule has 5 heteroatoms. The summed E-state index contributed by atoms with van der Waals surface area (Å²) in [6.07, 6.45) is 1.10. The Labute approximate surface area is 104 Å². The molecule has 1 aromatic rings. The van der Waals surface area contributed by atoms with E-state index in [9.17, 15) is 9.59 Å². The largest absolute Gasteiger partial charge is 0.356 e. The Balaban J connectivity index is 1.99. The molecule has 0 aliphatic carbocycles. The smallest absolute Gasteiger partial charge is 0.251 e. The molecular weight excluding hydrogens is 240 g/mol. The van der Waals surface area contributed by atoms with Gasteiger partial charge in [0.25, 0.3) is 5.91 Å². The van der Waals surface area contributed by atoms with Crippen LogP contribution < -0.4 is 10.6 Å². The molecule has 0 bridgehead atoms. The molecule has 17 heavy (non-hydrogen) atoms. The minimum atomic E-state index is -0.188. The summed E-state index contributed by atoms with van der Waals surface area (Å²) in [7, 11) is 0. The third-order valence-electron chi connectivity index (χ3n) is 2.67. The Morgan fingerprint density at radius 3 is 3.00 bits per heavy atom. The molecule has 0 spiro atoms. The summed E-state index contributed by atoms with van der Waals surface area (Å²) in [5, 5.41) is 6.08. The van der Waals surface area contributed by atoms with E-state index in [0.717, 1.165) is 6.42 Å². The number of carbonyl (C=O) groups is 2. The zero-order chi connectivity index (χ0) is 12.3. The first-order valence-corrected chi connectivity index (χ1v) is 5.86. The van der Waals surface area contributed by atoms with Crippen LogP contribution in [-0.4, -0.2) is 24.4 Å². The lowest BCUT2D eigenvalue weighted by molar-refractivity contribution is -0.122. The van der Waals surface area contributed by atoms with Crippen molar-refractivity contribution in [1.82, 2.24) is 10.6 Å². The third kappa shape index (κ3) is 3.20. The summed E-state index contributed by atoms with van der Waals surface area (Å²) in [5.41, 5.74) is 0.517. The van der Waals surface area contributed by atoms with E-state index in [1.54, 1.807) is 24.3 Å². The van der Waals surface area contributed by atoms with E-state index >= 15 is 0 Å². The average Bonchev–Trinajstić information content (AvgIpc) is 2.29. The van der Waals surface area contributed by atoms with Gasteiger partial charge in [-0.15, -0.1) is 0 Å². The van der Waals surface area contributed by atoms with Crippen molar-refractivity contribution in [2.45, 2.75) is 18.9 Å². The summed E-state index contributed by atoms with van der Waals surface area (Å²) < 4.78 is 0. The van der Waals surface area contributed by atoms with E-state index in [1.165, 1.54) is 0 Å². The van der Waals surface area contributed by atoms with Gasteiger partial charge in [-0.05, 0) is 24.6 Å². The zero-order valence-corrected chi connectivity index (χ0v) is 9.96. The molecule has 4 nitrogen and oxygen atoms in total. The minimum absolute atomic E-state index is 0.0207. The lowest BCUT2D eigenvalue weighted by atomic mass is 10.1. The van der Waals surface area contributed by atoms with Crippen LogP contribution in [0.25, 0.3) is 0 Å². The highest BCUT2D eigenvalue weighted by atomic mass is 35.5. The second-order valence-electron chi connectivity index (χ2n) is 4.02. The fraction of sp³-hybridized carbons (Fsp3) is 0.333. The molecule has 1 saturated heterocycles. The second kappa shape index (κ2) is 5.19. The molecule has 1 fully saturated rings. The summed E-state index contributed by atoms with van der Waals surface area (Å²) in [6.45, 7) is 0.610. The first-order chi connectivity index (χ1) is 8.15. The van der Waals surface area contributed by atoms with Crippen molar-refractivity contribution in [3.63, 3.8) is 0 Å². The van der Waals surface area contributed by atoms with Gasteiger partial charge < -0.3 is 10.6 Å². The molecule has 1 aromatic carbocycles. The number of nitrogens with one attached hydrogen (secondary N) is 2. The topological polar surface area (TPSA) is 58.2 Å². The molecule has 2 rings (SSSR count). The normalized spacial score (nSPS) is 19.6. The number of benzene rings is 1. The first-order valence-electron chi connectivity index (χ1n) is 5.48. The van der Waals surface area contributed by atoms with Crippen molar-refractivity contribution >= 4 is 23.4 Å². The number of hydrogen-bond acceptors (Lipinski definition) is 2. The summed E-state index contributed by atoms with van der Waals surface area (Å²) >= 11 is 5.81. The quantitative estimate of drug-likeness (QED) is 0.835. The number of hydrogen-bond donors (Lipinski definition) is 2. The van der Waals surface area contributed by atoms with Gasteiger partial charge in [-0.3, -0.25) is 9.59 Å². The van der Waals surface area contributed by atoms with Crippen LogP contribution in [0.1, 0.15) is 23.2 Å². The van der Waals surface area contributed by atoms with Crippen molar-refractivity contribution in [3.05, 3.63) is 34.9 Å². The molecule has 0 radical (unpaired) electrons. The number of amides is 2. The molecule has 0 aromatic heterocycles. The van der Waals surface area contributed by atoms with Gasteiger partial charge in [0.1, 0.15) is 0 Å². The van der Waals surface area contributed by atoms with Gasteiger partial charge >= 0.3 is 0 Å². The Kier molecular flexibility index (Phi) is 3.64. The molecule has 2 amide bonds. The monoisotopic (exact) mass is 252 g/mol. The fourth-order valence-corrected chi connectivity index (χ4v) is 2.00. The number of rotatable bonds is 2. The predicted octanol–water partition coefficient (Wildman–Crippen LogP) is 1.35. The molecule has 2 N–H and O–H groups in total. The minimum Gasteiger partial charge on any atom is -0.356 e. The van der Waals surface area contributed by atoms with Crippen LogP contribution in [0.2, 0.25) is 5.02 Å². The molecule has 1 heterocycles. The maximum absolute atomic E-state index is 11.9. The first kappa shape index (κ1) is 11.9. The van der Waals surface area contributed by atoms with Crippen LogP contribution in [-0.2, 0) is 4.79 Å². The molecule has 90 valence electrons. The SMILES string of the molecule is O=C1CC(NC(=O)c2cccc(Cl)c2)CCN1. The molecule has 1 unspecified atom stereocenters. The van der Waals surface area contributed by atoms with Gasteiger partial charge in [0, 0.05) is 29.6 Å². The Bertz CT molecular complexity index is 448. The highest BCUT2D eigenvalue weighted by Crippen LogP contribution is 2.11. The highest BCUT2D eigenvalue weighted by Gasteiger charge is 2.20. The van der Waals surface area contributed by atoms with Crippen LogP contribution in [0.4, 0.5) is 0 Å². The van der Waals surface area contributed by atoms with Crippen LogP contribution in [0.15, 0.2) is 24.3 Å². The third-order valence-corrected chi connectivity index (χ3v) is 2.90. The Morgan fingerprint density at radius 2 is 2.29 bits per heavy atom. The number of carbonyl (C=O) groups excluding carboxylic acids is 2. The van der Waals surface area contributed by atoms with Gasteiger partial charge in [-0.25, -0.2) is 0 Å². The van der Waals surface area contributed by atoms with Crippen LogP contribution in [0.5, 0.6) is 0 Å². The summed E-state index contributed by atoms with van der Waals surface area (Å²) in [6, 6.07) is 6.66. The molecule has 1 atom stereocenters. The van der Waals surface area contributed by atoms with Crippen molar-refractivity contribution in [2.24, 2.45) is 0 Å². The number of halogens is 1. The van der Waals surface area contributed by atoms with Crippen molar-refractivity contribution in [3.8, 4) is 0 Å². The van der Waals surface area contributed by atoms with E-state index in [1.807, 2.05) is 0 Å². The van der Waals surface area contributed by atoms with Crippen molar-refractivity contribution in [1.29, 1.82) is 0 Å². The molecule has 0 saturated carbocycles. The van der Waals surface area contributed by atoms with E-state index < -0.39 is 0 Å². The van der Waals surface area contributed by atoms with Crippen molar-refractivity contribution < 1.29 is 9.59 Å². The second-order valence-corrected chi connectivity index (χ2v) is 4.46. The summed E-state index contributed by atoms with van der Waals surface area (Å²) in [5.74, 6) is -0.208. The zero-order valence-electron chi connectivity index (χ0n) is 9.20. The van der Waals surface area contributed by atoms with Crippen LogP contribution >= 0.6 is 11.6 Å². The molecule has 1 aliphatic rings. The lowest BCUT2D eigenvalue weighted by Gasteiger charge is -2.23. The maximum atomic E-state index is 11.9. The maximum Gasteiger partial charge on any atom is 0.251 e. The van der Waals surface area contributed by atoms with E-state index in [2.05, 4.69) is 10.6 Å². The van der Waals surface area contributed by atoms with Gasteiger partial charge in [0.2, 0.25) is 5.91 Å². The van der Waals surface area contributed by atoms with Crippen LogP contribution in [0, 0.1) is 0 Å². The highest BCUT2D eigenvalue weighted by molar-refractivity contribution is 6.30. The molecule has 1 aliphatic heterocycles. The van der Waals surface area contributed by atoms with E-state index in [-0.39, 0.29) is 17.9 Å². The van der Waals surface area contributed by atoms with Gasteiger partial charge in [-0.2, -0.15) is 0 Å². The fourth-order valence-electron chi connectivity index (χ4n) is 1.81. The predicted molar refractivity (Wildman–Crippen MR) is 64.9 cm³/mol. The average molecular weight is 253 g/mol. The van der Waals surface area contributed by atoms with Crippen LogP contribution in [0.3, 0.4) is 0 Å². The Morgan fingerprint density at radius 1 is 1.47 bits per heavy atom. The van der Waals surface area contributed by atoms with Gasteiger partial charge in [-0.1, -0.05) is 17.7 Å². The van der Waals surface area contributed by atoms with Gasteiger partial charge in [0.05, 0.1) is 0 Å².